The fourth-order valence-electron chi connectivity index (χ4n) is 3.62. The summed E-state index contributed by atoms with van der Waals surface area (Å²) in [5, 5.41) is 18.8. The monoisotopic (exact) mass is 476 g/mol. The molecule has 0 aliphatic carbocycles. The van der Waals surface area contributed by atoms with Crippen LogP contribution >= 0.6 is 11.6 Å². The highest BCUT2D eigenvalue weighted by molar-refractivity contribution is 6.29. The van der Waals surface area contributed by atoms with Crippen LogP contribution in [-0.2, 0) is 17.9 Å². The average Bonchev–Trinajstić information content (AvgIpc) is 2.80. The van der Waals surface area contributed by atoms with Crippen molar-refractivity contribution in [2.45, 2.75) is 32.4 Å². The molecule has 8 heteroatoms. The van der Waals surface area contributed by atoms with Crippen molar-refractivity contribution in [3.8, 4) is 0 Å². The van der Waals surface area contributed by atoms with Crippen LogP contribution in [0.25, 0.3) is 0 Å². The standard InChI is InChI=1S/C25H34ClFN4O2/c1-18-12-21(13-29-25(18)27)15-31(3)33-17-20-6-4-19(5-7-20)10-11-28-14-23(32)22-8-9-24(26)30(2)16-22/h4-9,12-13,23,25,28-29,32H,10-11,14-17H2,1-3H3. The lowest BCUT2D eigenvalue weighted by molar-refractivity contribution is -0.144. The number of hydrogen-bond acceptors (Lipinski definition) is 6. The second-order valence-corrected chi connectivity index (χ2v) is 8.96. The molecule has 0 spiro atoms. The summed E-state index contributed by atoms with van der Waals surface area (Å²) in [4.78, 5) is 7.72. The summed E-state index contributed by atoms with van der Waals surface area (Å²) in [5.41, 5.74) is 4.91. The number of aliphatic hydroxyl groups excluding tert-OH is 1. The quantitative estimate of drug-likeness (QED) is 0.259. The highest BCUT2D eigenvalue weighted by Gasteiger charge is 2.16. The topological polar surface area (TPSA) is 60.0 Å². The smallest absolute Gasteiger partial charge is 0.191 e. The lowest BCUT2D eigenvalue weighted by Gasteiger charge is -2.26. The number of likely N-dealkylation sites (N-methyl/N-ethyl adjacent to an activating group) is 2. The highest BCUT2D eigenvalue weighted by Crippen LogP contribution is 2.18. The largest absolute Gasteiger partial charge is 0.387 e. The van der Waals surface area contributed by atoms with E-state index in [-0.39, 0.29) is 0 Å². The van der Waals surface area contributed by atoms with Crippen molar-refractivity contribution in [2.24, 2.45) is 0 Å². The molecule has 2 aliphatic heterocycles. The van der Waals surface area contributed by atoms with E-state index in [0.717, 1.165) is 29.7 Å². The van der Waals surface area contributed by atoms with Crippen LogP contribution in [0.5, 0.6) is 0 Å². The maximum atomic E-state index is 13.4. The van der Waals surface area contributed by atoms with Crippen molar-refractivity contribution >= 4 is 11.6 Å². The molecule has 1 aromatic carbocycles. The Balaban J connectivity index is 1.34. The summed E-state index contributed by atoms with van der Waals surface area (Å²) >= 11 is 6.04. The van der Waals surface area contributed by atoms with Gasteiger partial charge in [-0.2, -0.15) is 5.06 Å². The second kappa shape index (κ2) is 12.3. The summed E-state index contributed by atoms with van der Waals surface area (Å²) in [7, 11) is 3.77. The number of alkyl halides is 1. The van der Waals surface area contributed by atoms with Gasteiger partial charge in [-0.25, -0.2) is 4.39 Å². The molecule has 3 rings (SSSR count). The number of allylic oxidation sites excluding steroid dienone is 2. The van der Waals surface area contributed by atoms with E-state index in [0.29, 0.717) is 37.0 Å². The first-order chi connectivity index (χ1) is 15.8. The van der Waals surface area contributed by atoms with E-state index in [9.17, 15) is 9.50 Å². The Hall–Kier alpha value is -2.16. The number of nitrogens with one attached hydrogen (secondary N) is 2. The van der Waals surface area contributed by atoms with Gasteiger partial charge in [0.2, 0.25) is 0 Å². The third kappa shape index (κ3) is 7.98. The normalized spacial score (nSPS) is 19.5. The average molecular weight is 477 g/mol. The molecule has 33 heavy (non-hydrogen) atoms. The number of nitrogens with zero attached hydrogens (tertiary/aromatic N) is 2. The van der Waals surface area contributed by atoms with Gasteiger partial charge in [-0.15, -0.1) is 0 Å². The molecule has 2 heterocycles. The van der Waals surface area contributed by atoms with Crippen molar-refractivity contribution in [1.82, 2.24) is 20.6 Å². The van der Waals surface area contributed by atoms with Gasteiger partial charge in [0, 0.05) is 33.4 Å². The lowest BCUT2D eigenvalue weighted by Crippen LogP contribution is -2.34. The van der Waals surface area contributed by atoms with Crippen molar-refractivity contribution in [3.63, 3.8) is 0 Å². The van der Waals surface area contributed by atoms with Crippen LogP contribution < -0.4 is 10.6 Å². The van der Waals surface area contributed by atoms with Gasteiger partial charge in [-0.3, -0.25) is 4.84 Å². The number of rotatable bonds is 11. The summed E-state index contributed by atoms with van der Waals surface area (Å²) in [6.45, 7) is 4.74. The molecule has 0 radical (unpaired) electrons. The molecule has 2 atom stereocenters. The van der Waals surface area contributed by atoms with Gasteiger partial charge in [0.05, 0.1) is 19.3 Å². The molecule has 0 saturated heterocycles. The lowest BCUT2D eigenvalue weighted by atomic mass is 10.1. The van der Waals surface area contributed by atoms with Crippen LogP contribution in [-0.4, -0.2) is 67.7 Å². The molecule has 0 saturated carbocycles. The first kappa shape index (κ1) is 25.5. The maximum Gasteiger partial charge on any atom is 0.191 e. The van der Waals surface area contributed by atoms with Crippen LogP contribution in [0.15, 0.2) is 70.6 Å². The zero-order valence-electron chi connectivity index (χ0n) is 19.5. The van der Waals surface area contributed by atoms with Crippen molar-refractivity contribution in [1.29, 1.82) is 0 Å². The predicted octanol–water partition coefficient (Wildman–Crippen LogP) is 3.22. The summed E-state index contributed by atoms with van der Waals surface area (Å²) < 4.78 is 13.4. The third-order valence-corrected chi connectivity index (χ3v) is 6.10. The minimum absolute atomic E-state index is 0.471. The third-order valence-electron chi connectivity index (χ3n) is 5.68. The number of halogens is 2. The summed E-state index contributed by atoms with van der Waals surface area (Å²) in [6, 6.07) is 8.33. The Morgan fingerprint density at radius 2 is 2.03 bits per heavy atom. The number of hydroxylamine groups is 2. The van der Waals surface area contributed by atoms with Crippen LogP contribution in [0.1, 0.15) is 18.1 Å². The number of hydrogen-bond donors (Lipinski definition) is 3. The Morgan fingerprint density at radius 3 is 2.73 bits per heavy atom. The fraction of sp³-hybridized carbons (Fsp3) is 0.440. The number of aliphatic hydroxyl groups is 1. The molecule has 0 fully saturated rings. The molecule has 0 amide bonds. The van der Waals surface area contributed by atoms with Crippen LogP contribution in [0.2, 0.25) is 0 Å². The minimum atomic E-state index is -1.10. The molecular formula is C25H34ClFN4O2. The Morgan fingerprint density at radius 1 is 1.30 bits per heavy atom. The Bertz CT molecular complexity index is 913. The van der Waals surface area contributed by atoms with Crippen LogP contribution in [0.4, 0.5) is 4.39 Å². The first-order valence-electron chi connectivity index (χ1n) is 11.2. The van der Waals surface area contributed by atoms with E-state index in [1.54, 1.807) is 18.2 Å². The van der Waals surface area contributed by atoms with Crippen molar-refractivity contribution < 1.29 is 14.3 Å². The van der Waals surface area contributed by atoms with Crippen molar-refractivity contribution in [3.05, 3.63) is 81.7 Å². The van der Waals surface area contributed by atoms with E-state index in [1.165, 1.54) is 5.56 Å². The van der Waals surface area contributed by atoms with Gasteiger partial charge in [0.1, 0.15) is 5.16 Å². The van der Waals surface area contributed by atoms with E-state index >= 15 is 0 Å². The van der Waals surface area contributed by atoms with Gasteiger partial charge in [0.25, 0.3) is 0 Å². The molecule has 1 aromatic rings. The second-order valence-electron chi connectivity index (χ2n) is 8.57. The predicted molar refractivity (Wildman–Crippen MR) is 131 cm³/mol. The Labute approximate surface area is 201 Å². The van der Waals surface area contributed by atoms with Gasteiger partial charge in [0.15, 0.2) is 6.30 Å². The molecule has 3 N–H and O–H groups in total. The van der Waals surface area contributed by atoms with E-state index < -0.39 is 12.4 Å². The zero-order chi connectivity index (χ0) is 23.8. The molecular weight excluding hydrogens is 443 g/mol. The molecule has 180 valence electrons. The maximum absolute atomic E-state index is 13.4. The fourth-order valence-corrected chi connectivity index (χ4v) is 3.75. The van der Waals surface area contributed by atoms with Crippen LogP contribution in [0, 0.1) is 0 Å². The van der Waals surface area contributed by atoms with Crippen LogP contribution in [0.3, 0.4) is 0 Å². The SMILES string of the molecule is CC1=CC(CN(C)OCc2ccc(CCNCC(O)C3=CC=C(Cl)N(C)C3)cc2)=CNC1F. The minimum Gasteiger partial charge on any atom is -0.387 e. The molecule has 6 nitrogen and oxygen atoms in total. The van der Waals surface area contributed by atoms with E-state index in [1.807, 2.05) is 37.2 Å². The molecule has 0 aromatic heterocycles. The van der Waals surface area contributed by atoms with Gasteiger partial charge >= 0.3 is 0 Å². The van der Waals surface area contributed by atoms with Gasteiger partial charge in [-0.05, 0) is 53.8 Å². The summed E-state index contributed by atoms with van der Waals surface area (Å²) in [6.07, 6.45) is 6.50. The molecule has 2 aliphatic rings. The number of dihydropyridines is 1. The first-order valence-corrected chi connectivity index (χ1v) is 11.5. The van der Waals surface area contributed by atoms with E-state index in [2.05, 4.69) is 34.9 Å². The Kier molecular flexibility index (Phi) is 9.52. The van der Waals surface area contributed by atoms with Crippen molar-refractivity contribution in [2.75, 3.05) is 40.3 Å². The highest BCUT2D eigenvalue weighted by atomic mass is 35.5. The zero-order valence-corrected chi connectivity index (χ0v) is 20.3. The molecule has 2 unspecified atom stereocenters. The van der Waals surface area contributed by atoms with Gasteiger partial charge < -0.3 is 20.6 Å². The number of benzene rings is 1. The summed E-state index contributed by atoms with van der Waals surface area (Å²) in [5.74, 6) is 0. The molecule has 0 bridgehead atoms. The van der Waals surface area contributed by atoms with Gasteiger partial charge in [-0.1, -0.05) is 48.0 Å². The van der Waals surface area contributed by atoms with E-state index in [4.69, 9.17) is 16.4 Å².